The summed E-state index contributed by atoms with van der Waals surface area (Å²) in [6.45, 7) is 2.24. The molecule has 2 aliphatic rings. The van der Waals surface area contributed by atoms with Gasteiger partial charge in [0.05, 0.1) is 0 Å². The van der Waals surface area contributed by atoms with Crippen LogP contribution < -0.4 is 5.32 Å². The molecule has 16 heavy (non-hydrogen) atoms. The van der Waals surface area contributed by atoms with Crippen LogP contribution in [0.1, 0.15) is 31.4 Å². The van der Waals surface area contributed by atoms with E-state index < -0.39 is 0 Å². The molecule has 0 saturated heterocycles. The number of fused-ring (bicyclic) bond motifs is 1. The van der Waals surface area contributed by atoms with E-state index in [1.54, 1.807) is 0 Å². The van der Waals surface area contributed by atoms with Gasteiger partial charge < -0.3 is 5.32 Å². The fourth-order valence-electron chi connectivity index (χ4n) is 2.98. The van der Waals surface area contributed by atoms with Crippen molar-refractivity contribution >= 4 is 0 Å². The van der Waals surface area contributed by atoms with E-state index in [0.29, 0.717) is 12.1 Å². The van der Waals surface area contributed by atoms with Crippen molar-refractivity contribution in [3.63, 3.8) is 0 Å². The first-order valence-corrected chi connectivity index (χ1v) is 6.17. The van der Waals surface area contributed by atoms with Crippen molar-refractivity contribution in [2.75, 3.05) is 0 Å². The third-order valence-corrected chi connectivity index (χ3v) is 4.03. The highest BCUT2D eigenvalue weighted by Crippen LogP contribution is 2.43. The molecule has 1 aromatic heterocycles. The summed E-state index contributed by atoms with van der Waals surface area (Å²) in [7, 11) is 0. The van der Waals surface area contributed by atoms with Crippen LogP contribution >= 0.6 is 0 Å². The van der Waals surface area contributed by atoms with Crippen molar-refractivity contribution in [3.8, 4) is 0 Å². The lowest BCUT2D eigenvalue weighted by Crippen LogP contribution is -2.48. The van der Waals surface area contributed by atoms with Gasteiger partial charge >= 0.3 is 0 Å². The van der Waals surface area contributed by atoms with E-state index in [1.807, 2.05) is 12.4 Å². The summed E-state index contributed by atoms with van der Waals surface area (Å²) < 4.78 is 0. The largest absolute Gasteiger partial charge is 0.307 e. The maximum absolute atomic E-state index is 4.06. The minimum absolute atomic E-state index is 0.433. The molecule has 0 spiro atoms. The lowest BCUT2D eigenvalue weighted by Gasteiger charge is -2.42. The molecule has 4 atom stereocenters. The predicted octanol–water partition coefficient (Wildman–Crippen LogP) is 2.70. The second-order valence-corrected chi connectivity index (χ2v) is 5.01. The van der Waals surface area contributed by atoms with Crippen LogP contribution in [-0.4, -0.2) is 11.0 Å². The summed E-state index contributed by atoms with van der Waals surface area (Å²) in [6.07, 6.45) is 11.1. The SMILES string of the molecule is CC(NC1CC2CC=CC21)c1ccncc1. The molecule has 1 saturated carbocycles. The molecule has 2 heteroatoms. The molecular weight excluding hydrogens is 196 g/mol. The monoisotopic (exact) mass is 214 g/mol. The van der Waals surface area contributed by atoms with Gasteiger partial charge in [0.1, 0.15) is 0 Å². The Kier molecular flexibility index (Phi) is 2.52. The number of aromatic nitrogens is 1. The van der Waals surface area contributed by atoms with E-state index in [4.69, 9.17) is 0 Å². The highest BCUT2D eigenvalue weighted by Gasteiger charge is 2.41. The molecule has 84 valence electrons. The number of hydrogen-bond donors (Lipinski definition) is 1. The summed E-state index contributed by atoms with van der Waals surface area (Å²) in [4.78, 5) is 4.06. The standard InChI is InChI=1S/C14H18N2/c1-10(11-5-7-15-8-6-11)16-14-9-12-3-2-4-13(12)14/h2,4-8,10,12-14,16H,3,9H2,1H3. The number of hydrogen-bond acceptors (Lipinski definition) is 2. The Morgan fingerprint density at radius 2 is 2.19 bits per heavy atom. The molecule has 2 nitrogen and oxygen atoms in total. The van der Waals surface area contributed by atoms with Gasteiger partial charge in [-0.25, -0.2) is 0 Å². The Hall–Kier alpha value is -1.15. The Morgan fingerprint density at radius 3 is 2.94 bits per heavy atom. The van der Waals surface area contributed by atoms with E-state index in [-0.39, 0.29) is 0 Å². The van der Waals surface area contributed by atoms with Crippen molar-refractivity contribution in [2.24, 2.45) is 11.8 Å². The summed E-state index contributed by atoms with van der Waals surface area (Å²) in [5, 5.41) is 3.72. The molecule has 1 aromatic rings. The zero-order chi connectivity index (χ0) is 11.0. The number of nitrogens with zero attached hydrogens (tertiary/aromatic N) is 1. The second-order valence-electron chi connectivity index (χ2n) is 5.01. The third kappa shape index (κ3) is 1.67. The molecule has 0 bridgehead atoms. The van der Waals surface area contributed by atoms with Crippen LogP contribution in [0.25, 0.3) is 0 Å². The Balaban J connectivity index is 1.61. The van der Waals surface area contributed by atoms with Gasteiger partial charge in [0, 0.05) is 24.5 Å². The summed E-state index contributed by atoms with van der Waals surface area (Å²) in [5.41, 5.74) is 1.33. The van der Waals surface area contributed by atoms with E-state index in [2.05, 4.69) is 41.5 Å². The van der Waals surface area contributed by atoms with Gasteiger partial charge in [0.15, 0.2) is 0 Å². The van der Waals surface area contributed by atoms with Crippen molar-refractivity contribution in [1.82, 2.24) is 10.3 Å². The second kappa shape index (κ2) is 4.02. The summed E-state index contributed by atoms with van der Waals surface area (Å²) >= 11 is 0. The first-order chi connectivity index (χ1) is 7.84. The smallest absolute Gasteiger partial charge is 0.0295 e. The van der Waals surface area contributed by atoms with Crippen LogP contribution in [0.2, 0.25) is 0 Å². The van der Waals surface area contributed by atoms with E-state index in [0.717, 1.165) is 11.8 Å². The average molecular weight is 214 g/mol. The molecule has 0 aromatic carbocycles. The van der Waals surface area contributed by atoms with Crippen molar-refractivity contribution in [2.45, 2.75) is 31.8 Å². The van der Waals surface area contributed by atoms with Gasteiger partial charge in [-0.3, -0.25) is 4.98 Å². The van der Waals surface area contributed by atoms with E-state index >= 15 is 0 Å². The van der Waals surface area contributed by atoms with Crippen LogP contribution in [0, 0.1) is 11.8 Å². The van der Waals surface area contributed by atoms with Crippen LogP contribution in [0.3, 0.4) is 0 Å². The highest BCUT2D eigenvalue weighted by molar-refractivity contribution is 5.17. The highest BCUT2D eigenvalue weighted by atomic mass is 15.0. The first-order valence-electron chi connectivity index (χ1n) is 6.17. The van der Waals surface area contributed by atoms with Gasteiger partial charge in [-0.15, -0.1) is 0 Å². The van der Waals surface area contributed by atoms with E-state index in [9.17, 15) is 0 Å². The maximum Gasteiger partial charge on any atom is 0.0295 e. The molecule has 0 aliphatic heterocycles. The van der Waals surface area contributed by atoms with Gasteiger partial charge in [-0.1, -0.05) is 12.2 Å². The molecule has 1 fully saturated rings. The van der Waals surface area contributed by atoms with Crippen LogP contribution in [0.15, 0.2) is 36.7 Å². The van der Waals surface area contributed by atoms with Crippen LogP contribution in [-0.2, 0) is 0 Å². The van der Waals surface area contributed by atoms with Crippen LogP contribution in [0.4, 0.5) is 0 Å². The molecule has 0 amide bonds. The van der Waals surface area contributed by atoms with Crippen molar-refractivity contribution in [1.29, 1.82) is 0 Å². The zero-order valence-corrected chi connectivity index (χ0v) is 9.63. The predicted molar refractivity (Wildman–Crippen MR) is 64.9 cm³/mol. The minimum atomic E-state index is 0.433. The van der Waals surface area contributed by atoms with Gasteiger partial charge in [-0.05, 0) is 49.3 Å². The topological polar surface area (TPSA) is 24.9 Å². The molecule has 0 radical (unpaired) electrons. The van der Waals surface area contributed by atoms with Gasteiger partial charge in [0.25, 0.3) is 0 Å². The lowest BCUT2D eigenvalue weighted by atomic mass is 9.71. The molecule has 1 N–H and O–H groups in total. The number of nitrogens with one attached hydrogen (secondary N) is 1. The summed E-state index contributed by atoms with van der Waals surface area (Å²) in [5.74, 6) is 1.73. The summed E-state index contributed by atoms with van der Waals surface area (Å²) in [6, 6.07) is 5.31. The number of rotatable bonds is 3. The van der Waals surface area contributed by atoms with Crippen molar-refractivity contribution < 1.29 is 0 Å². The van der Waals surface area contributed by atoms with E-state index in [1.165, 1.54) is 18.4 Å². The van der Waals surface area contributed by atoms with Crippen molar-refractivity contribution in [3.05, 3.63) is 42.2 Å². The molecule has 4 unspecified atom stereocenters. The number of allylic oxidation sites excluding steroid dienone is 1. The Labute approximate surface area is 96.8 Å². The Bertz CT molecular complexity index is 385. The first kappa shape index (κ1) is 10.0. The van der Waals surface area contributed by atoms with Gasteiger partial charge in [-0.2, -0.15) is 0 Å². The minimum Gasteiger partial charge on any atom is -0.307 e. The zero-order valence-electron chi connectivity index (χ0n) is 9.63. The maximum atomic E-state index is 4.06. The molecule has 1 heterocycles. The molecule has 2 aliphatic carbocycles. The average Bonchev–Trinajstić information content (AvgIpc) is 2.68. The van der Waals surface area contributed by atoms with Gasteiger partial charge in [0.2, 0.25) is 0 Å². The Morgan fingerprint density at radius 1 is 1.38 bits per heavy atom. The number of pyridine rings is 1. The lowest BCUT2D eigenvalue weighted by molar-refractivity contribution is 0.152. The molecular formula is C14H18N2. The third-order valence-electron chi connectivity index (χ3n) is 4.03. The quantitative estimate of drug-likeness (QED) is 0.782. The molecule has 3 rings (SSSR count). The fourth-order valence-corrected chi connectivity index (χ4v) is 2.98. The normalized spacial score (nSPS) is 33.2. The van der Waals surface area contributed by atoms with Crippen LogP contribution in [0.5, 0.6) is 0 Å². The fraction of sp³-hybridized carbons (Fsp3) is 0.500.